The predicted octanol–water partition coefficient (Wildman–Crippen LogP) is 3.24. The molecule has 1 heterocycles. The highest BCUT2D eigenvalue weighted by atomic mass is 19.1. The van der Waals surface area contributed by atoms with E-state index in [2.05, 4.69) is 19.2 Å². The van der Waals surface area contributed by atoms with Crippen molar-refractivity contribution in [1.82, 2.24) is 5.32 Å². The minimum atomic E-state index is -0.467. The van der Waals surface area contributed by atoms with E-state index in [1.807, 2.05) is 4.90 Å². The molecule has 1 aliphatic heterocycles. The number of aryl methyl sites for hydroxylation is 1. The number of anilines is 1. The van der Waals surface area contributed by atoms with E-state index in [1.165, 1.54) is 12.1 Å². The molecule has 1 saturated heterocycles. The van der Waals surface area contributed by atoms with Crippen molar-refractivity contribution < 1.29 is 8.78 Å². The Morgan fingerprint density at radius 2 is 1.95 bits per heavy atom. The Balaban J connectivity index is 2.34. The Morgan fingerprint density at radius 3 is 2.58 bits per heavy atom. The molecule has 2 rings (SSSR count). The summed E-state index contributed by atoms with van der Waals surface area (Å²) >= 11 is 0. The van der Waals surface area contributed by atoms with Crippen molar-refractivity contribution in [3.05, 3.63) is 29.3 Å². The van der Waals surface area contributed by atoms with Crippen LogP contribution in [-0.4, -0.2) is 25.2 Å². The molecule has 0 amide bonds. The molecule has 0 spiro atoms. The number of nitrogens with one attached hydrogen (secondary N) is 1. The first-order valence-corrected chi connectivity index (χ1v) is 6.97. The molecule has 0 bridgehead atoms. The average Bonchev–Trinajstić information content (AvgIpc) is 2.43. The molecule has 0 aliphatic carbocycles. The van der Waals surface area contributed by atoms with Crippen LogP contribution in [-0.2, 0) is 0 Å². The van der Waals surface area contributed by atoms with Crippen molar-refractivity contribution >= 4 is 5.69 Å². The largest absolute Gasteiger partial charge is 0.364 e. The molecular weight excluding hydrogens is 246 g/mol. The molecule has 0 unspecified atom stereocenters. The Hall–Kier alpha value is -1.16. The SMILES string of the molecule is CCC1(CC)CN(c2c(F)ccc(C)c2F)CCN1. The van der Waals surface area contributed by atoms with E-state index < -0.39 is 11.6 Å². The van der Waals surface area contributed by atoms with Crippen LogP contribution in [0.15, 0.2) is 12.1 Å². The second kappa shape index (κ2) is 5.45. The normalized spacial score (nSPS) is 18.7. The average molecular weight is 268 g/mol. The first kappa shape index (κ1) is 14.3. The van der Waals surface area contributed by atoms with Gasteiger partial charge in [-0.15, -0.1) is 0 Å². The van der Waals surface area contributed by atoms with Crippen LogP contribution in [0.4, 0.5) is 14.5 Å². The Bertz CT molecular complexity index is 456. The summed E-state index contributed by atoms with van der Waals surface area (Å²) in [5.41, 5.74) is 0.585. The number of rotatable bonds is 3. The van der Waals surface area contributed by atoms with E-state index in [0.717, 1.165) is 19.4 Å². The van der Waals surface area contributed by atoms with Gasteiger partial charge in [0.05, 0.1) is 0 Å². The molecule has 0 radical (unpaired) electrons. The summed E-state index contributed by atoms with van der Waals surface area (Å²) in [6.07, 6.45) is 1.91. The number of piperazine rings is 1. The van der Waals surface area contributed by atoms with Crippen LogP contribution < -0.4 is 10.2 Å². The quantitative estimate of drug-likeness (QED) is 0.905. The maximum atomic E-state index is 14.2. The summed E-state index contributed by atoms with van der Waals surface area (Å²) in [5, 5.41) is 3.50. The van der Waals surface area contributed by atoms with Crippen LogP contribution in [0.5, 0.6) is 0 Å². The summed E-state index contributed by atoms with van der Waals surface area (Å²) in [5.74, 6) is -0.894. The number of halogens is 2. The highest BCUT2D eigenvalue weighted by Crippen LogP contribution is 2.30. The molecule has 106 valence electrons. The first-order valence-electron chi connectivity index (χ1n) is 6.97. The third kappa shape index (κ3) is 2.59. The Morgan fingerprint density at radius 1 is 1.26 bits per heavy atom. The highest BCUT2D eigenvalue weighted by molar-refractivity contribution is 5.52. The molecule has 0 atom stereocenters. The van der Waals surface area contributed by atoms with E-state index in [4.69, 9.17) is 0 Å². The smallest absolute Gasteiger partial charge is 0.152 e. The summed E-state index contributed by atoms with van der Waals surface area (Å²) in [7, 11) is 0. The molecule has 19 heavy (non-hydrogen) atoms. The van der Waals surface area contributed by atoms with Crippen molar-refractivity contribution in [2.24, 2.45) is 0 Å². The van der Waals surface area contributed by atoms with Crippen LogP contribution in [0, 0.1) is 18.6 Å². The maximum Gasteiger partial charge on any atom is 0.152 e. The number of hydrogen-bond donors (Lipinski definition) is 1. The van der Waals surface area contributed by atoms with Crippen molar-refractivity contribution in [1.29, 1.82) is 0 Å². The van der Waals surface area contributed by atoms with Crippen molar-refractivity contribution in [2.75, 3.05) is 24.5 Å². The van der Waals surface area contributed by atoms with E-state index in [-0.39, 0.29) is 11.2 Å². The molecule has 1 N–H and O–H groups in total. The Labute approximate surface area is 113 Å². The first-order chi connectivity index (χ1) is 9.03. The zero-order chi connectivity index (χ0) is 14.0. The standard InChI is InChI=1S/C15H22F2N2/c1-4-15(5-2)10-19(9-8-18-15)14-12(16)7-6-11(3)13(14)17/h6-7,18H,4-5,8-10H2,1-3H3. The Kier molecular flexibility index (Phi) is 4.09. The van der Waals surface area contributed by atoms with Gasteiger partial charge in [0.1, 0.15) is 11.5 Å². The van der Waals surface area contributed by atoms with Crippen LogP contribution in [0.25, 0.3) is 0 Å². The fourth-order valence-corrected chi connectivity index (χ4v) is 2.80. The lowest BCUT2D eigenvalue weighted by atomic mass is 9.90. The van der Waals surface area contributed by atoms with E-state index in [0.29, 0.717) is 18.7 Å². The molecular formula is C15H22F2N2. The minimum absolute atomic E-state index is 0.0408. The molecule has 4 heteroatoms. The van der Waals surface area contributed by atoms with Gasteiger partial charge in [-0.2, -0.15) is 0 Å². The third-order valence-corrected chi connectivity index (χ3v) is 4.31. The maximum absolute atomic E-state index is 14.2. The summed E-state index contributed by atoms with van der Waals surface area (Å²) < 4.78 is 28.2. The number of nitrogens with zero attached hydrogens (tertiary/aromatic N) is 1. The highest BCUT2D eigenvalue weighted by Gasteiger charge is 2.33. The molecule has 0 saturated carbocycles. The second-order valence-electron chi connectivity index (χ2n) is 5.36. The lowest BCUT2D eigenvalue weighted by Gasteiger charge is -2.44. The lowest BCUT2D eigenvalue weighted by Crippen LogP contribution is -2.60. The van der Waals surface area contributed by atoms with Gasteiger partial charge in [-0.25, -0.2) is 8.78 Å². The molecule has 1 aromatic carbocycles. The van der Waals surface area contributed by atoms with Gasteiger partial charge in [0.15, 0.2) is 5.82 Å². The predicted molar refractivity (Wildman–Crippen MR) is 74.6 cm³/mol. The summed E-state index contributed by atoms with van der Waals surface area (Å²) in [6.45, 7) is 7.95. The summed E-state index contributed by atoms with van der Waals surface area (Å²) in [6, 6.07) is 2.85. The topological polar surface area (TPSA) is 15.3 Å². The number of hydrogen-bond acceptors (Lipinski definition) is 2. The monoisotopic (exact) mass is 268 g/mol. The van der Waals surface area contributed by atoms with Crippen LogP contribution in [0.3, 0.4) is 0 Å². The molecule has 1 aliphatic rings. The molecule has 0 aromatic heterocycles. The zero-order valence-electron chi connectivity index (χ0n) is 11.9. The van der Waals surface area contributed by atoms with Gasteiger partial charge < -0.3 is 10.2 Å². The van der Waals surface area contributed by atoms with Crippen LogP contribution in [0.1, 0.15) is 32.3 Å². The fraction of sp³-hybridized carbons (Fsp3) is 0.600. The van der Waals surface area contributed by atoms with Gasteiger partial charge in [0.25, 0.3) is 0 Å². The van der Waals surface area contributed by atoms with Crippen molar-refractivity contribution in [3.8, 4) is 0 Å². The van der Waals surface area contributed by atoms with Crippen LogP contribution >= 0.6 is 0 Å². The molecule has 1 fully saturated rings. The van der Waals surface area contributed by atoms with Crippen molar-refractivity contribution in [3.63, 3.8) is 0 Å². The lowest BCUT2D eigenvalue weighted by molar-refractivity contribution is 0.275. The molecule has 2 nitrogen and oxygen atoms in total. The van der Waals surface area contributed by atoms with Gasteiger partial charge >= 0.3 is 0 Å². The van der Waals surface area contributed by atoms with Gasteiger partial charge in [-0.1, -0.05) is 19.9 Å². The second-order valence-corrected chi connectivity index (χ2v) is 5.36. The van der Waals surface area contributed by atoms with Gasteiger partial charge in [0, 0.05) is 25.2 Å². The van der Waals surface area contributed by atoms with Crippen molar-refractivity contribution in [2.45, 2.75) is 39.2 Å². The van der Waals surface area contributed by atoms with Gasteiger partial charge in [0.2, 0.25) is 0 Å². The number of benzene rings is 1. The summed E-state index contributed by atoms with van der Waals surface area (Å²) in [4.78, 5) is 1.85. The van der Waals surface area contributed by atoms with Gasteiger partial charge in [-0.3, -0.25) is 0 Å². The zero-order valence-corrected chi connectivity index (χ0v) is 11.9. The van der Waals surface area contributed by atoms with Crippen LogP contribution in [0.2, 0.25) is 0 Å². The van der Waals surface area contributed by atoms with E-state index >= 15 is 0 Å². The minimum Gasteiger partial charge on any atom is -0.364 e. The fourth-order valence-electron chi connectivity index (χ4n) is 2.80. The third-order valence-electron chi connectivity index (χ3n) is 4.31. The van der Waals surface area contributed by atoms with E-state index in [1.54, 1.807) is 6.92 Å². The van der Waals surface area contributed by atoms with E-state index in [9.17, 15) is 8.78 Å². The molecule has 1 aromatic rings. The van der Waals surface area contributed by atoms with Gasteiger partial charge in [-0.05, 0) is 31.4 Å².